The van der Waals surface area contributed by atoms with Crippen molar-refractivity contribution in [3.8, 4) is 0 Å². The highest BCUT2D eigenvalue weighted by Gasteiger charge is 2.15. The maximum atomic E-state index is 12.4. The van der Waals surface area contributed by atoms with Crippen LogP contribution in [0.25, 0.3) is 10.8 Å². The standard InChI is InChI=1S/C19H15N5O2S2/c20-17-9-10-18(16-4-2-1-3-15(16)17)23-22-13-5-7-14(8-6-13)28(25,26)24-19-21-11-12-27-19/h1-12H,20H2,(H,21,24). The van der Waals surface area contributed by atoms with Gasteiger partial charge < -0.3 is 5.73 Å². The number of hydrogen-bond acceptors (Lipinski definition) is 7. The first kappa shape index (κ1) is 18.1. The third-order valence-corrected chi connectivity index (χ3v) is 6.18. The largest absolute Gasteiger partial charge is 0.398 e. The van der Waals surface area contributed by atoms with Gasteiger partial charge in [0, 0.05) is 28.0 Å². The van der Waals surface area contributed by atoms with Crippen LogP contribution in [0.15, 0.2) is 87.4 Å². The molecule has 0 fully saturated rings. The van der Waals surface area contributed by atoms with Crippen LogP contribution in [0.5, 0.6) is 0 Å². The van der Waals surface area contributed by atoms with E-state index in [-0.39, 0.29) is 4.90 Å². The van der Waals surface area contributed by atoms with Gasteiger partial charge in [-0.3, -0.25) is 4.72 Å². The quantitative estimate of drug-likeness (QED) is 0.353. The minimum Gasteiger partial charge on any atom is -0.398 e. The first-order chi connectivity index (χ1) is 13.5. The predicted molar refractivity (Wildman–Crippen MR) is 112 cm³/mol. The van der Waals surface area contributed by atoms with Crippen LogP contribution in [0.3, 0.4) is 0 Å². The van der Waals surface area contributed by atoms with Crippen molar-refractivity contribution in [1.29, 1.82) is 0 Å². The molecule has 0 atom stereocenters. The van der Waals surface area contributed by atoms with Crippen molar-refractivity contribution in [2.45, 2.75) is 4.90 Å². The molecular formula is C19H15N5O2S2. The first-order valence-electron chi connectivity index (χ1n) is 8.24. The molecule has 0 unspecified atom stereocenters. The Hall–Kier alpha value is -3.30. The number of nitrogens with two attached hydrogens (primary N) is 1. The zero-order valence-corrected chi connectivity index (χ0v) is 16.1. The van der Waals surface area contributed by atoms with Gasteiger partial charge in [0.2, 0.25) is 0 Å². The van der Waals surface area contributed by atoms with Crippen molar-refractivity contribution < 1.29 is 8.42 Å². The number of nitrogens with one attached hydrogen (secondary N) is 1. The SMILES string of the molecule is Nc1ccc(N=Nc2ccc(S(=O)(=O)Nc3nccs3)cc2)c2ccccc12. The molecule has 1 heterocycles. The van der Waals surface area contributed by atoms with Crippen LogP contribution in [0.4, 0.5) is 22.2 Å². The molecule has 4 aromatic rings. The highest BCUT2D eigenvalue weighted by Crippen LogP contribution is 2.31. The third kappa shape index (κ3) is 3.71. The number of fused-ring (bicyclic) bond motifs is 1. The van der Waals surface area contributed by atoms with Gasteiger partial charge in [-0.1, -0.05) is 24.3 Å². The van der Waals surface area contributed by atoms with Crippen LogP contribution in [-0.2, 0) is 10.0 Å². The zero-order chi connectivity index (χ0) is 19.6. The van der Waals surface area contributed by atoms with Gasteiger partial charge in [0.05, 0.1) is 16.3 Å². The fraction of sp³-hybridized carbons (Fsp3) is 0. The number of sulfonamides is 1. The lowest BCUT2D eigenvalue weighted by molar-refractivity contribution is 0.601. The average molecular weight is 409 g/mol. The van der Waals surface area contributed by atoms with Crippen LogP contribution < -0.4 is 10.5 Å². The van der Waals surface area contributed by atoms with E-state index in [1.807, 2.05) is 24.3 Å². The minimum atomic E-state index is -3.69. The molecule has 140 valence electrons. The fourth-order valence-electron chi connectivity index (χ4n) is 2.64. The van der Waals surface area contributed by atoms with E-state index >= 15 is 0 Å². The number of thiazole rings is 1. The molecule has 0 saturated heterocycles. The van der Waals surface area contributed by atoms with E-state index < -0.39 is 10.0 Å². The van der Waals surface area contributed by atoms with Gasteiger partial charge >= 0.3 is 0 Å². The van der Waals surface area contributed by atoms with Crippen molar-refractivity contribution in [2.75, 3.05) is 10.5 Å². The Kier molecular flexibility index (Phi) is 4.76. The van der Waals surface area contributed by atoms with Gasteiger partial charge in [-0.05, 0) is 36.4 Å². The molecule has 3 aromatic carbocycles. The molecule has 0 spiro atoms. The van der Waals surface area contributed by atoms with Crippen LogP contribution in [-0.4, -0.2) is 13.4 Å². The Morgan fingerprint density at radius 2 is 1.68 bits per heavy atom. The van der Waals surface area contributed by atoms with E-state index in [1.165, 1.54) is 29.7 Å². The normalized spacial score (nSPS) is 11.9. The van der Waals surface area contributed by atoms with Crippen LogP contribution in [0, 0.1) is 0 Å². The summed E-state index contributed by atoms with van der Waals surface area (Å²) in [6, 6.07) is 17.4. The zero-order valence-electron chi connectivity index (χ0n) is 14.5. The van der Waals surface area contributed by atoms with E-state index in [0.29, 0.717) is 22.2 Å². The molecule has 0 radical (unpaired) electrons. The Morgan fingerprint density at radius 1 is 0.929 bits per heavy atom. The number of hydrogen-bond donors (Lipinski definition) is 2. The molecule has 0 aliphatic carbocycles. The van der Waals surface area contributed by atoms with E-state index in [0.717, 1.165) is 10.8 Å². The Bertz CT molecular complexity index is 1250. The molecule has 0 saturated carbocycles. The first-order valence-corrected chi connectivity index (χ1v) is 10.6. The average Bonchev–Trinajstić information content (AvgIpc) is 3.20. The highest BCUT2D eigenvalue weighted by atomic mass is 32.2. The van der Waals surface area contributed by atoms with Crippen LogP contribution in [0.1, 0.15) is 0 Å². The summed E-state index contributed by atoms with van der Waals surface area (Å²) < 4.78 is 27.1. The summed E-state index contributed by atoms with van der Waals surface area (Å²) in [5, 5.41) is 12.3. The second-order valence-electron chi connectivity index (χ2n) is 5.86. The van der Waals surface area contributed by atoms with Crippen molar-refractivity contribution in [3.63, 3.8) is 0 Å². The Morgan fingerprint density at radius 3 is 2.39 bits per heavy atom. The molecule has 0 bridgehead atoms. The molecule has 0 amide bonds. The summed E-state index contributed by atoms with van der Waals surface area (Å²) in [6.07, 6.45) is 1.53. The lowest BCUT2D eigenvalue weighted by Gasteiger charge is -2.05. The van der Waals surface area contributed by atoms with E-state index in [9.17, 15) is 8.42 Å². The van der Waals surface area contributed by atoms with Gasteiger partial charge in [-0.15, -0.1) is 16.5 Å². The maximum Gasteiger partial charge on any atom is 0.263 e. The van der Waals surface area contributed by atoms with E-state index in [2.05, 4.69) is 19.9 Å². The lowest BCUT2D eigenvalue weighted by Crippen LogP contribution is -2.12. The second-order valence-corrected chi connectivity index (χ2v) is 8.43. The molecule has 9 heteroatoms. The molecule has 7 nitrogen and oxygen atoms in total. The number of rotatable bonds is 5. The molecule has 0 aliphatic heterocycles. The second kappa shape index (κ2) is 7.37. The number of benzene rings is 3. The summed E-state index contributed by atoms with van der Waals surface area (Å²) in [7, 11) is -3.69. The Balaban J connectivity index is 1.58. The number of nitrogens with zero attached hydrogens (tertiary/aromatic N) is 3. The summed E-state index contributed by atoms with van der Waals surface area (Å²) in [5.74, 6) is 0. The molecule has 28 heavy (non-hydrogen) atoms. The fourth-order valence-corrected chi connectivity index (χ4v) is 4.43. The number of anilines is 2. The van der Waals surface area contributed by atoms with Crippen molar-refractivity contribution >= 4 is 54.3 Å². The van der Waals surface area contributed by atoms with Crippen LogP contribution in [0.2, 0.25) is 0 Å². The predicted octanol–water partition coefficient (Wildman–Crippen LogP) is 5.09. The summed E-state index contributed by atoms with van der Waals surface area (Å²) in [4.78, 5) is 4.05. The summed E-state index contributed by atoms with van der Waals surface area (Å²) in [6.45, 7) is 0. The molecule has 3 N–H and O–H groups in total. The number of nitrogen functional groups attached to an aromatic ring is 1. The van der Waals surface area contributed by atoms with Gasteiger partial charge in [-0.2, -0.15) is 5.11 Å². The highest BCUT2D eigenvalue weighted by molar-refractivity contribution is 7.93. The summed E-state index contributed by atoms with van der Waals surface area (Å²) in [5.41, 5.74) is 7.90. The monoisotopic (exact) mass is 409 g/mol. The lowest BCUT2D eigenvalue weighted by atomic mass is 10.1. The Labute approximate surface area is 165 Å². The van der Waals surface area contributed by atoms with Gasteiger partial charge in [0.25, 0.3) is 10.0 Å². The minimum absolute atomic E-state index is 0.125. The molecule has 4 rings (SSSR count). The smallest absolute Gasteiger partial charge is 0.263 e. The number of azo groups is 1. The summed E-state index contributed by atoms with van der Waals surface area (Å²) >= 11 is 1.21. The van der Waals surface area contributed by atoms with E-state index in [1.54, 1.807) is 29.6 Å². The van der Waals surface area contributed by atoms with Crippen molar-refractivity contribution in [2.24, 2.45) is 10.2 Å². The molecule has 0 aliphatic rings. The van der Waals surface area contributed by atoms with Crippen molar-refractivity contribution in [1.82, 2.24) is 4.98 Å². The topological polar surface area (TPSA) is 110 Å². The third-order valence-electron chi connectivity index (χ3n) is 4.01. The van der Waals surface area contributed by atoms with Gasteiger partial charge in [-0.25, -0.2) is 13.4 Å². The number of aromatic nitrogens is 1. The van der Waals surface area contributed by atoms with Crippen molar-refractivity contribution in [3.05, 3.63) is 72.2 Å². The molecular weight excluding hydrogens is 394 g/mol. The van der Waals surface area contributed by atoms with Crippen LogP contribution >= 0.6 is 11.3 Å². The maximum absolute atomic E-state index is 12.4. The van der Waals surface area contributed by atoms with Gasteiger partial charge in [0.1, 0.15) is 0 Å². The van der Waals surface area contributed by atoms with E-state index in [4.69, 9.17) is 5.73 Å². The van der Waals surface area contributed by atoms with Gasteiger partial charge in [0.15, 0.2) is 5.13 Å². The molecule has 1 aromatic heterocycles.